The van der Waals surface area contributed by atoms with Crippen LogP contribution < -0.4 is 10.2 Å². The molecule has 1 N–H and O–H groups in total. The first-order valence-corrected chi connectivity index (χ1v) is 10.7. The zero-order valence-electron chi connectivity index (χ0n) is 14.0. The number of nitrogens with zero attached hydrogens (tertiary/aromatic N) is 2. The van der Waals surface area contributed by atoms with E-state index in [0.717, 1.165) is 35.7 Å². The van der Waals surface area contributed by atoms with Crippen molar-refractivity contribution in [1.29, 1.82) is 0 Å². The molecule has 0 radical (unpaired) electrons. The molecule has 1 aromatic rings. The number of hydrogen-bond donors (Lipinski definition) is 1. The number of nitrogens with one attached hydrogen (secondary N) is 1. The first-order chi connectivity index (χ1) is 11.4. The number of fused-ring (bicyclic) bond motifs is 1. The molecule has 0 bridgehead atoms. The number of amides is 1. The second kappa shape index (κ2) is 7.03. The smallest absolute Gasteiger partial charge is 0.242 e. The predicted octanol–water partition coefficient (Wildman–Crippen LogP) is 0.921. The van der Waals surface area contributed by atoms with Gasteiger partial charge in [0.15, 0.2) is 0 Å². The molecule has 2 aliphatic rings. The van der Waals surface area contributed by atoms with Gasteiger partial charge in [-0.15, -0.1) is 0 Å². The Morgan fingerprint density at radius 3 is 2.88 bits per heavy atom. The number of benzene rings is 1. The van der Waals surface area contributed by atoms with Crippen molar-refractivity contribution in [1.82, 2.24) is 9.62 Å². The first kappa shape index (κ1) is 17.7. The molecule has 8 heteroatoms. The maximum Gasteiger partial charge on any atom is 0.242 e. The van der Waals surface area contributed by atoms with Gasteiger partial charge < -0.3 is 10.2 Å². The zero-order chi connectivity index (χ0) is 17.3. The third-order valence-electron chi connectivity index (χ3n) is 4.45. The minimum absolute atomic E-state index is 0.0631. The highest BCUT2D eigenvalue weighted by Crippen LogP contribution is 2.32. The van der Waals surface area contributed by atoms with Gasteiger partial charge in [0.05, 0.1) is 4.90 Å². The van der Waals surface area contributed by atoms with Gasteiger partial charge in [-0.1, -0.05) is 6.07 Å². The molecule has 6 nitrogen and oxygen atoms in total. The number of thioether (sulfide) groups is 1. The van der Waals surface area contributed by atoms with Crippen LogP contribution in [0.5, 0.6) is 0 Å². The SMILES string of the molecule is CN(C)S(=O)(=O)c1ccc2c(c1)N(C(=O)CC1CSCCN1)CC2. The summed E-state index contributed by atoms with van der Waals surface area (Å²) in [5.41, 5.74) is 1.78. The summed E-state index contributed by atoms with van der Waals surface area (Å²) in [5.74, 6) is 2.10. The lowest BCUT2D eigenvalue weighted by Gasteiger charge is -2.25. The molecule has 0 spiro atoms. The lowest BCUT2D eigenvalue weighted by atomic mass is 10.1. The zero-order valence-corrected chi connectivity index (χ0v) is 15.6. The summed E-state index contributed by atoms with van der Waals surface area (Å²) >= 11 is 1.86. The number of anilines is 1. The topological polar surface area (TPSA) is 69.7 Å². The minimum Gasteiger partial charge on any atom is -0.312 e. The molecule has 1 saturated heterocycles. The fraction of sp³-hybridized carbons (Fsp3) is 0.562. The monoisotopic (exact) mass is 369 g/mol. The van der Waals surface area contributed by atoms with Gasteiger partial charge in [-0.25, -0.2) is 12.7 Å². The summed E-state index contributed by atoms with van der Waals surface area (Å²) in [6.07, 6.45) is 1.23. The van der Waals surface area contributed by atoms with E-state index >= 15 is 0 Å². The lowest BCUT2D eigenvalue weighted by Crippen LogP contribution is -2.42. The van der Waals surface area contributed by atoms with E-state index in [1.165, 1.54) is 18.4 Å². The summed E-state index contributed by atoms with van der Waals surface area (Å²) in [5, 5.41) is 3.38. The van der Waals surface area contributed by atoms with Crippen molar-refractivity contribution in [3.05, 3.63) is 23.8 Å². The Kier molecular flexibility index (Phi) is 5.19. The number of rotatable bonds is 4. The van der Waals surface area contributed by atoms with E-state index in [1.54, 1.807) is 17.0 Å². The Hall–Kier alpha value is -1.09. The van der Waals surface area contributed by atoms with E-state index in [-0.39, 0.29) is 16.8 Å². The van der Waals surface area contributed by atoms with E-state index in [4.69, 9.17) is 0 Å². The van der Waals surface area contributed by atoms with Crippen LogP contribution in [-0.4, -0.2) is 63.4 Å². The average Bonchev–Trinajstić information content (AvgIpc) is 2.98. The van der Waals surface area contributed by atoms with Gasteiger partial charge >= 0.3 is 0 Å². The van der Waals surface area contributed by atoms with Crippen molar-refractivity contribution in [2.75, 3.05) is 43.6 Å². The molecule has 1 fully saturated rings. The third kappa shape index (κ3) is 3.46. The fourth-order valence-corrected chi connectivity index (χ4v) is 4.93. The van der Waals surface area contributed by atoms with E-state index in [0.29, 0.717) is 13.0 Å². The van der Waals surface area contributed by atoms with Gasteiger partial charge in [-0.2, -0.15) is 11.8 Å². The van der Waals surface area contributed by atoms with Gasteiger partial charge in [0, 0.05) is 56.8 Å². The van der Waals surface area contributed by atoms with E-state index in [9.17, 15) is 13.2 Å². The maximum atomic E-state index is 12.7. The summed E-state index contributed by atoms with van der Waals surface area (Å²) in [6.45, 7) is 1.56. The van der Waals surface area contributed by atoms with Crippen molar-refractivity contribution in [2.24, 2.45) is 0 Å². The molecule has 0 aromatic heterocycles. The van der Waals surface area contributed by atoms with Crippen molar-refractivity contribution in [3.63, 3.8) is 0 Å². The van der Waals surface area contributed by atoms with Crippen LogP contribution in [0, 0.1) is 0 Å². The Labute approximate surface area is 147 Å². The number of carbonyl (C=O) groups is 1. The molecular weight excluding hydrogens is 346 g/mol. The van der Waals surface area contributed by atoms with E-state index < -0.39 is 10.0 Å². The molecule has 2 heterocycles. The molecule has 0 aliphatic carbocycles. The van der Waals surface area contributed by atoms with Crippen LogP contribution in [0.1, 0.15) is 12.0 Å². The number of carbonyl (C=O) groups excluding carboxylic acids is 1. The first-order valence-electron chi connectivity index (χ1n) is 8.06. The molecule has 0 saturated carbocycles. The van der Waals surface area contributed by atoms with Crippen LogP contribution in [0.4, 0.5) is 5.69 Å². The maximum absolute atomic E-state index is 12.7. The molecule has 24 heavy (non-hydrogen) atoms. The molecule has 1 unspecified atom stereocenters. The van der Waals surface area contributed by atoms with Gasteiger partial charge in [0.1, 0.15) is 0 Å². The highest BCUT2D eigenvalue weighted by molar-refractivity contribution is 7.99. The van der Waals surface area contributed by atoms with Crippen molar-refractivity contribution < 1.29 is 13.2 Å². The molecule has 1 amide bonds. The highest BCUT2D eigenvalue weighted by atomic mass is 32.2. The average molecular weight is 370 g/mol. The molecule has 2 aliphatic heterocycles. The van der Waals surface area contributed by atoms with Crippen molar-refractivity contribution in [2.45, 2.75) is 23.8 Å². The van der Waals surface area contributed by atoms with Crippen LogP contribution >= 0.6 is 11.8 Å². The Bertz CT molecular complexity index is 728. The predicted molar refractivity (Wildman–Crippen MR) is 97.1 cm³/mol. The molecule has 1 atom stereocenters. The van der Waals surface area contributed by atoms with Gasteiger partial charge in [-0.3, -0.25) is 4.79 Å². The molecular formula is C16H23N3O3S2. The molecule has 1 aromatic carbocycles. The fourth-order valence-electron chi connectivity index (χ4n) is 3.06. The Morgan fingerprint density at radius 1 is 1.42 bits per heavy atom. The Balaban J connectivity index is 1.81. The lowest BCUT2D eigenvalue weighted by molar-refractivity contribution is -0.118. The molecule has 132 valence electrons. The van der Waals surface area contributed by atoms with Crippen molar-refractivity contribution in [3.8, 4) is 0 Å². The van der Waals surface area contributed by atoms with Gasteiger partial charge in [0.25, 0.3) is 0 Å². The van der Waals surface area contributed by atoms with E-state index in [1.807, 2.05) is 17.8 Å². The van der Waals surface area contributed by atoms with Crippen LogP contribution in [0.2, 0.25) is 0 Å². The highest BCUT2D eigenvalue weighted by Gasteiger charge is 2.29. The minimum atomic E-state index is -3.50. The van der Waals surface area contributed by atoms with Gasteiger partial charge in [0.2, 0.25) is 15.9 Å². The van der Waals surface area contributed by atoms with Crippen LogP contribution in [0.15, 0.2) is 23.1 Å². The quantitative estimate of drug-likeness (QED) is 0.855. The third-order valence-corrected chi connectivity index (χ3v) is 7.39. The molecule has 3 rings (SSSR count). The van der Waals surface area contributed by atoms with Crippen LogP contribution in [0.25, 0.3) is 0 Å². The largest absolute Gasteiger partial charge is 0.312 e. The van der Waals surface area contributed by atoms with E-state index in [2.05, 4.69) is 5.32 Å². The second-order valence-electron chi connectivity index (χ2n) is 6.30. The summed E-state index contributed by atoms with van der Waals surface area (Å²) in [4.78, 5) is 14.7. The summed E-state index contributed by atoms with van der Waals surface area (Å²) in [6, 6.07) is 5.29. The number of sulfonamides is 1. The second-order valence-corrected chi connectivity index (χ2v) is 9.61. The summed E-state index contributed by atoms with van der Waals surface area (Å²) in [7, 11) is -0.472. The summed E-state index contributed by atoms with van der Waals surface area (Å²) < 4.78 is 25.9. The van der Waals surface area contributed by atoms with Crippen LogP contribution in [-0.2, 0) is 21.2 Å². The standard InChI is InChI=1S/C16H23N3O3S2/c1-18(2)24(21,22)14-4-3-12-5-7-19(15(12)10-14)16(20)9-13-11-23-8-6-17-13/h3-4,10,13,17H,5-9,11H2,1-2H3. The van der Waals surface area contributed by atoms with Crippen molar-refractivity contribution >= 4 is 33.4 Å². The number of hydrogen-bond acceptors (Lipinski definition) is 5. The van der Waals surface area contributed by atoms with Crippen LogP contribution in [0.3, 0.4) is 0 Å². The Morgan fingerprint density at radius 2 is 2.21 bits per heavy atom. The van der Waals surface area contributed by atoms with Gasteiger partial charge in [-0.05, 0) is 24.1 Å². The normalized spacial score (nSPS) is 21.1.